The molecule has 25 heavy (non-hydrogen) atoms. The van der Waals surface area contributed by atoms with Crippen molar-refractivity contribution in [2.75, 3.05) is 31.2 Å². The lowest BCUT2D eigenvalue weighted by Gasteiger charge is -2.29. The van der Waals surface area contributed by atoms with Crippen LogP contribution in [0, 0.1) is 11.3 Å². The molecule has 0 saturated carbocycles. The summed E-state index contributed by atoms with van der Waals surface area (Å²) >= 11 is 0. The minimum Gasteiger partial charge on any atom is -0.378 e. The van der Waals surface area contributed by atoms with Crippen LogP contribution < -0.4 is 10.2 Å². The van der Waals surface area contributed by atoms with Crippen molar-refractivity contribution in [2.45, 2.75) is 13.0 Å². The molecule has 1 atom stereocenters. The van der Waals surface area contributed by atoms with Gasteiger partial charge in [0.15, 0.2) is 0 Å². The molecule has 6 heteroatoms. The molecular formula is C19H20N4O2. The summed E-state index contributed by atoms with van der Waals surface area (Å²) in [5.41, 5.74) is 2.11. The van der Waals surface area contributed by atoms with Gasteiger partial charge in [0, 0.05) is 19.3 Å². The number of aromatic nitrogens is 1. The minimum absolute atomic E-state index is 0.161. The number of morpholine rings is 1. The summed E-state index contributed by atoms with van der Waals surface area (Å²) < 4.78 is 5.37. The van der Waals surface area contributed by atoms with Crippen LogP contribution in [0.25, 0.3) is 0 Å². The molecule has 6 nitrogen and oxygen atoms in total. The van der Waals surface area contributed by atoms with Crippen molar-refractivity contribution >= 4 is 11.7 Å². The summed E-state index contributed by atoms with van der Waals surface area (Å²) in [7, 11) is 0. The molecule has 0 radical (unpaired) electrons. The first kappa shape index (κ1) is 16.9. The number of anilines is 1. The van der Waals surface area contributed by atoms with Crippen LogP contribution in [-0.4, -0.2) is 37.2 Å². The molecule has 1 aromatic carbocycles. The number of hydrogen-bond donors (Lipinski definition) is 1. The number of carbonyl (C=O) groups is 1. The topological polar surface area (TPSA) is 78.2 Å². The summed E-state index contributed by atoms with van der Waals surface area (Å²) in [6.07, 6.45) is 1.70. The van der Waals surface area contributed by atoms with Crippen molar-refractivity contribution in [1.82, 2.24) is 10.3 Å². The Labute approximate surface area is 147 Å². The quantitative estimate of drug-likeness (QED) is 0.927. The third-order valence-corrected chi connectivity index (χ3v) is 4.23. The van der Waals surface area contributed by atoms with Crippen LogP contribution in [-0.2, 0) is 4.74 Å². The summed E-state index contributed by atoms with van der Waals surface area (Å²) in [4.78, 5) is 19.2. The van der Waals surface area contributed by atoms with Gasteiger partial charge < -0.3 is 15.0 Å². The summed E-state index contributed by atoms with van der Waals surface area (Å²) in [5.74, 6) is 0.529. The molecule has 2 heterocycles. The van der Waals surface area contributed by atoms with Gasteiger partial charge in [-0.3, -0.25) is 4.79 Å². The van der Waals surface area contributed by atoms with Crippen molar-refractivity contribution in [1.29, 1.82) is 5.26 Å². The molecule has 0 aliphatic carbocycles. The zero-order chi connectivity index (χ0) is 17.6. The maximum Gasteiger partial charge on any atom is 0.255 e. The Balaban J connectivity index is 1.75. The fourth-order valence-electron chi connectivity index (χ4n) is 2.81. The van der Waals surface area contributed by atoms with E-state index in [1.54, 1.807) is 30.5 Å². The Morgan fingerprint density at radius 2 is 2.00 bits per heavy atom. The number of benzene rings is 1. The molecule has 2 aromatic rings. The van der Waals surface area contributed by atoms with E-state index in [9.17, 15) is 4.79 Å². The van der Waals surface area contributed by atoms with E-state index < -0.39 is 0 Å². The van der Waals surface area contributed by atoms with Crippen LogP contribution >= 0.6 is 0 Å². The number of carbonyl (C=O) groups excluding carboxylic acids is 1. The highest BCUT2D eigenvalue weighted by molar-refractivity contribution is 5.99. The highest BCUT2D eigenvalue weighted by Crippen LogP contribution is 2.20. The molecule has 3 rings (SSSR count). The number of rotatable bonds is 4. The van der Waals surface area contributed by atoms with E-state index in [2.05, 4.69) is 21.3 Å². The maximum absolute atomic E-state index is 12.8. The number of ether oxygens (including phenoxy) is 1. The van der Waals surface area contributed by atoms with Gasteiger partial charge in [-0.05, 0) is 36.8 Å². The van der Waals surface area contributed by atoms with Gasteiger partial charge in [0.25, 0.3) is 5.91 Å². The van der Waals surface area contributed by atoms with E-state index in [4.69, 9.17) is 10.00 Å². The van der Waals surface area contributed by atoms with E-state index in [1.165, 1.54) is 0 Å². The van der Waals surface area contributed by atoms with Gasteiger partial charge in [0.1, 0.15) is 5.82 Å². The number of pyridine rings is 1. The molecule has 1 aliphatic heterocycles. The van der Waals surface area contributed by atoms with Gasteiger partial charge >= 0.3 is 0 Å². The zero-order valence-electron chi connectivity index (χ0n) is 14.1. The van der Waals surface area contributed by atoms with Crippen LogP contribution in [0.1, 0.15) is 34.5 Å². The Kier molecular flexibility index (Phi) is 5.26. The van der Waals surface area contributed by atoms with Crippen molar-refractivity contribution in [3.63, 3.8) is 0 Å². The molecular weight excluding hydrogens is 316 g/mol. The Bertz CT molecular complexity index is 777. The monoisotopic (exact) mass is 336 g/mol. The average molecular weight is 336 g/mol. The van der Waals surface area contributed by atoms with E-state index in [0.717, 1.165) is 18.7 Å². The van der Waals surface area contributed by atoms with Crippen LogP contribution in [0.15, 0.2) is 42.6 Å². The molecule has 1 aromatic heterocycles. The lowest BCUT2D eigenvalue weighted by Crippen LogP contribution is -2.38. The average Bonchev–Trinajstić information content (AvgIpc) is 2.68. The number of hydrogen-bond acceptors (Lipinski definition) is 5. The molecule has 1 aliphatic rings. The molecule has 1 fully saturated rings. The number of nitrogens with one attached hydrogen (secondary N) is 1. The van der Waals surface area contributed by atoms with Crippen LogP contribution in [0.5, 0.6) is 0 Å². The third kappa shape index (κ3) is 3.95. The standard InChI is InChI=1S/C19H20N4O2/c1-14(16-6-4-15(13-20)5-7-16)22-19(24)17-3-2-8-21-18(17)23-9-11-25-12-10-23/h2-8,14H,9-12H2,1H3,(H,22,24). The van der Waals surface area contributed by atoms with Gasteiger partial charge in [-0.1, -0.05) is 12.1 Å². The number of amides is 1. The SMILES string of the molecule is CC(NC(=O)c1cccnc1N1CCOCC1)c1ccc(C#N)cc1. The van der Waals surface area contributed by atoms with Crippen LogP contribution in [0.3, 0.4) is 0 Å². The molecule has 0 bridgehead atoms. The van der Waals surface area contributed by atoms with Crippen molar-refractivity contribution in [3.05, 3.63) is 59.3 Å². The predicted molar refractivity (Wildman–Crippen MR) is 94.3 cm³/mol. The normalized spacial score (nSPS) is 15.3. The Morgan fingerprint density at radius 1 is 1.28 bits per heavy atom. The Hall–Kier alpha value is -2.91. The van der Waals surface area contributed by atoms with E-state index in [-0.39, 0.29) is 11.9 Å². The fourth-order valence-corrected chi connectivity index (χ4v) is 2.81. The maximum atomic E-state index is 12.8. The second-order valence-electron chi connectivity index (χ2n) is 5.90. The lowest BCUT2D eigenvalue weighted by atomic mass is 10.1. The van der Waals surface area contributed by atoms with Gasteiger partial charge in [-0.25, -0.2) is 4.98 Å². The molecule has 1 N–H and O–H groups in total. The smallest absolute Gasteiger partial charge is 0.255 e. The molecule has 128 valence electrons. The van der Waals surface area contributed by atoms with Gasteiger partial charge in [0.2, 0.25) is 0 Å². The molecule has 0 spiro atoms. The number of nitrogens with zero attached hydrogens (tertiary/aromatic N) is 3. The second kappa shape index (κ2) is 7.77. The zero-order valence-corrected chi connectivity index (χ0v) is 14.1. The third-order valence-electron chi connectivity index (χ3n) is 4.23. The first-order valence-electron chi connectivity index (χ1n) is 8.27. The van der Waals surface area contributed by atoms with Crippen molar-refractivity contribution < 1.29 is 9.53 Å². The van der Waals surface area contributed by atoms with Crippen molar-refractivity contribution in [3.8, 4) is 6.07 Å². The van der Waals surface area contributed by atoms with E-state index in [0.29, 0.717) is 30.2 Å². The highest BCUT2D eigenvalue weighted by Gasteiger charge is 2.21. The van der Waals surface area contributed by atoms with Crippen LogP contribution in [0.4, 0.5) is 5.82 Å². The van der Waals surface area contributed by atoms with E-state index >= 15 is 0 Å². The van der Waals surface area contributed by atoms with E-state index in [1.807, 2.05) is 19.1 Å². The minimum atomic E-state index is -0.169. The summed E-state index contributed by atoms with van der Waals surface area (Å²) in [5, 5.41) is 11.9. The first-order chi connectivity index (χ1) is 12.2. The molecule has 1 unspecified atom stereocenters. The fraction of sp³-hybridized carbons (Fsp3) is 0.316. The van der Waals surface area contributed by atoms with Crippen LogP contribution in [0.2, 0.25) is 0 Å². The first-order valence-corrected chi connectivity index (χ1v) is 8.27. The summed E-state index contributed by atoms with van der Waals surface area (Å²) in [6.45, 7) is 4.65. The molecule has 1 saturated heterocycles. The van der Waals surface area contributed by atoms with Gasteiger partial charge in [-0.2, -0.15) is 5.26 Å². The summed E-state index contributed by atoms with van der Waals surface area (Å²) in [6, 6.07) is 12.7. The van der Waals surface area contributed by atoms with Crippen molar-refractivity contribution in [2.24, 2.45) is 0 Å². The van der Waals surface area contributed by atoms with Gasteiger partial charge in [0.05, 0.1) is 36.5 Å². The molecule has 1 amide bonds. The second-order valence-corrected chi connectivity index (χ2v) is 5.90. The van der Waals surface area contributed by atoms with Gasteiger partial charge in [-0.15, -0.1) is 0 Å². The Morgan fingerprint density at radius 3 is 2.68 bits per heavy atom. The predicted octanol–water partition coefficient (Wildman–Crippen LogP) is 2.28. The lowest BCUT2D eigenvalue weighted by molar-refractivity contribution is 0.0938. The number of nitriles is 1. The highest BCUT2D eigenvalue weighted by atomic mass is 16.5. The largest absolute Gasteiger partial charge is 0.378 e.